The Morgan fingerprint density at radius 2 is 0.419 bits per heavy atom. The molecule has 0 aliphatic rings. The molecule has 0 spiro atoms. The van der Waals surface area contributed by atoms with Gasteiger partial charge >= 0.3 is 0 Å². The van der Waals surface area contributed by atoms with Gasteiger partial charge < -0.3 is 5.11 Å². The number of aliphatic hydroxyl groups excluding tert-OH is 1. The lowest BCUT2D eigenvalue weighted by Gasteiger charge is -2.13. The summed E-state index contributed by atoms with van der Waals surface area (Å²) in [7, 11) is 0. The van der Waals surface area contributed by atoms with E-state index in [4.69, 9.17) is 0 Å². The maximum atomic E-state index is 9.81. The van der Waals surface area contributed by atoms with E-state index in [0.717, 1.165) is 0 Å². The molecule has 260 valence electrons. The van der Waals surface area contributed by atoms with E-state index in [0.29, 0.717) is 12.5 Å². The molecule has 0 rings (SSSR count). The first-order valence-electron chi connectivity index (χ1n) is 21.0. The summed E-state index contributed by atoms with van der Waals surface area (Å²) in [5.74, 6) is 0.571. The third-order valence-electron chi connectivity index (χ3n) is 10.2. The average molecular weight is 607 g/mol. The predicted octanol–water partition coefficient (Wildman–Crippen LogP) is 15.5. The molecular formula is C42H86O. The topological polar surface area (TPSA) is 20.2 Å². The average Bonchev–Trinajstić information content (AvgIpc) is 3.02. The van der Waals surface area contributed by atoms with Gasteiger partial charge in [0.1, 0.15) is 0 Å². The molecule has 0 amide bonds. The maximum absolute atomic E-state index is 9.81. The number of unbranched alkanes of at least 4 members (excludes halogenated alkanes) is 34. The van der Waals surface area contributed by atoms with Crippen LogP contribution < -0.4 is 0 Å². The molecule has 1 nitrogen and oxygen atoms in total. The first kappa shape index (κ1) is 43.0. The lowest BCUT2D eigenvalue weighted by Crippen LogP contribution is -2.06. The Hall–Kier alpha value is -0.0400. The largest absolute Gasteiger partial charge is 0.396 e. The quantitative estimate of drug-likeness (QED) is 0.0690. The van der Waals surface area contributed by atoms with E-state index in [9.17, 15) is 5.11 Å². The number of hydrogen-bond acceptors (Lipinski definition) is 1. The molecule has 43 heavy (non-hydrogen) atoms. The molecule has 0 bridgehead atoms. The lowest BCUT2D eigenvalue weighted by atomic mass is 9.94. The van der Waals surface area contributed by atoms with Gasteiger partial charge in [-0.3, -0.25) is 0 Å². The van der Waals surface area contributed by atoms with Gasteiger partial charge in [0.15, 0.2) is 0 Å². The molecule has 0 unspecified atom stereocenters. The standard InChI is InChI=1S/C42H86O/c1-3-5-7-9-11-13-15-17-19-21-23-25-27-29-31-33-35-37-39-42(41-43)40-38-36-34-32-30-28-26-24-22-20-18-16-14-12-10-8-6-4-2/h42-43H,3-41H2,1-2H3. The van der Waals surface area contributed by atoms with Crippen molar-refractivity contribution in [2.24, 2.45) is 5.92 Å². The molecule has 1 N–H and O–H groups in total. The second-order valence-electron chi connectivity index (χ2n) is 14.6. The van der Waals surface area contributed by atoms with Gasteiger partial charge in [0.2, 0.25) is 0 Å². The Morgan fingerprint density at radius 1 is 0.256 bits per heavy atom. The van der Waals surface area contributed by atoms with Gasteiger partial charge in [0.05, 0.1) is 0 Å². The summed E-state index contributed by atoms with van der Waals surface area (Å²) in [4.78, 5) is 0. The summed E-state index contributed by atoms with van der Waals surface area (Å²) in [6, 6.07) is 0. The van der Waals surface area contributed by atoms with E-state index in [2.05, 4.69) is 13.8 Å². The zero-order valence-electron chi connectivity index (χ0n) is 30.6. The second-order valence-corrected chi connectivity index (χ2v) is 14.6. The van der Waals surface area contributed by atoms with Crippen molar-refractivity contribution in [2.75, 3.05) is 6.61 Å². The molecule has 0 atom stereocenters. The van der Waals surface area contributed by atoms with Crippen molar-refractivity contribution in [1.82, 2.24) is 0 Å². The van der Waals surface area contributed by atoms with Crippen LogP contribution in [0.1, 0.15) is 258 Å². The Kier molecular flexibility index (Phi) is 39.9. The zero-order chi connectivity index (χ0) is 31.2. The fraction of sp³-hybridized carbons (Fsp3) is 1.00. The summed E-state index contributed by atoms with van der Waals surface area (Å²) in [5, 5.41) is 9.81. The molecule has 0 saturated carbocycles. The normalized spacial score (nSPS) is 11.7. The highest BCUT2D eigenvalue weighted by Gasteiger charge is 2.07. The highest BCUT2D eigenvalue weighted by atomic mass is 16.3. The molecule has 0 aliphatic heterocycles. The highest BCUT2D eigenvalue weighted by molar-refractivity contribution is 4.60. The minimum atomic E-state index is 0.415. The van der Waals surface area contributed by atoms with Gasteiger partial charge in [-0.25, -0.2) is 0 Å². The SMILES string of the molecule is CCCCCCCCCCCCCCCCCCCCC(CO)CCCCCCCCCCCCCCCCCCCC. The Bertz CT molecular complexity index is 420. The van der Waals surface area contributed by atoms with Crippen LogP contribution in [0.15, 0.2) is 0 Å². The first-order valence-corrected chi connectivity index (χ1v) is 21.0. The summed E-state index contributed by atoms with van der Waals surface area (Å²) < 4.78 is 0. The van der Waals surface area contributed by atoms with Crippen LogP contribution >= 0.6 is 0 Å². The predicted molar refractivity (Wildman–Crippen MR) is 197 cm³/mol. The van der Waals surface area contributed by atoms with Crippen molar-refractivity contribution in [1.29, 1.82) is 0 Å². The van der Waals surface area contributed by atoms with Crippen molar-refractivity contribution in [2.45, 2.75) is 258 Å². The van der Waals surface area contributed by atoms with Crippen LogP contribution in [-0.4, -0.2) is 11.7 Å². The van der Waals surface area contributed by atoms with Crippen molar-refractivity contribution in [3.8, 4) is 0 Å². The fourth-order valence-corrected chi connectivity index (χ4v) is 7.00. The molecular weight excluding hydrogens is 520 g/mol. The molecule has 0 aromatic carbocycles. The van der Waals surface area contributed by atoms with Crippen LogP contribution in [-0.2, 0) is 0 Å². The monoisotopic (exact) mass is 607 g/mol. The summed E-state index contributed by atoms with van der Waals surface area (Å²) in [5.41, 5.74) is 0. The summed E-state index contributed by atoms with van der Waals surface area (Å²) >= 11 is 0. The molecule has 0 saturated heterocycles. The van der Waals surface area contributed by atoms with E-state index in [1.807, 2.05) is 0 Å². The Balaban J connectivity index is 3.24. The van der Waals surface area contributed by atoms with Crippen LogP contribution in [0.2, 0.25) is 0 Å². The second kappa shape index (κ2) is 40.0. The van der Waals surface area contributed by atoms with Gasteiger partial charge in [-0.05, 0) is 18.8 Å². The molecule has 0 fully saturated rings. The van der Waals surface area contributed by atoms with Crippen molar-refractivity contribution >= 4 is 0 Å². The molecule has 0 aliphatic carbocycles. The van der Waals surface area contributed by atoms with Crippen molar-refractivity contribution in [3.63, 3.8) is 0 Å². The van der Waals surface area contributed by atoms with Crippen LogP contribution in [0.4, 0.5) is 0 Å². The van der Waals surface area contributed by atoms with Gasteiger partial charge in [-0.15, -0.1) is 0 Å². The lowest BCUT2D eigenvalue weighted by molar-refractivity contribution is 0.204. The highest BCUT2D eigenvalue weighted by Crippen LogP contribution is 2.20. The number of rotatable bonds is 39. The van der Waals surface area contributed by atoms with Crippen molar-refractivity contribution in [3.05, 3.63) is 0 Å². The zero-order valence-corrected chi connectivity index (χ0v) is 30.6. The third-order valence-corrected chi connectivity index (χ3v) is 10.2. The molecule has 0 aromatic rings. The molecule has 0 aromatic heterocycles. The molecule has 1 heteroatoms. The van der Waals surface area contributed by atoms with Crippen LogP contribution in [0.5, 0.6) is 0 Å². The van der Waals surface area contributed by atoms with E-state index in [-0.39, 0.29) is 0 Å². The fourth-order valence-electron chi connectivity index (χ4n) is 7.00. The minimum Gasteiger partial charge on any atom is -0.396 e. The Labute approximate surface area is 274 Å². The molecule has 0 radical (unpaired) electrons. The van der Waals surface area contributed by atoms with Crippen LogP contribution in [0.25, 0.3) is 0 Å². The van der Waals surface area contributed by atoms with Gasteiger partial charge in [0, 0.05) is 6.61 Å². The van der Waals surface area contributed by atoms with Gasteiger partial charge in [-0.2, -0.15) is 0 Å². The summed E-state index contributed by atoms with van der Waals surface area (Å²) in [6.45, 7) is 5.02. The molecule has 0 heterocycles. The van der Waals surface area contributed by atoms with E-state index in [1.165, 1.54) is 244 Å². The number of aliphatic hydroxyl groups is 1. The Morgan fingerprint density at radius 3 is 0.581 bits per heavy atom. The van der Waals surface area contributed by atoms with E-state index >= 15 is 0 Å². The van der Waals surface area contributed by atoms with Crippen LogP contribution in [0, 0.1) is 5.92 Å². The smallest absolute Gasteiger partial charge is 0.0459 e. The first-order chi connectivity index (χ1) is 21.3. The van der Waals surface area contributed by atoms with E-state index < -0.39 is 0 Å². The maximum Gasteiger partial charge on any atom is 0.0459 e. The third kappa shape index (κ3) is 38.1. The minimum absolute atomic E-state index is 0.415. The van der Waals surface area contributed by atoms with Crippen molar-refractivity contribution < 1.29 is 5.11 Å². The van der Waals surface area contributed by atoms with E-state index in [1.54, 1.807) is 0 Å². The summed E-state index contributed by atoms with van der Waals surface area (Å²) in [6.07, 6.45) is 54.4. The number of hydrogen-bond donors (Lipinski definition) is 1. The van der Waals surface area contributed by atoms with Gasteiger partial charge in [0.25, 0.3) is 0 Å². The van der Waals surface area contributed by atoms with Crippen LogP contribution in [0.3, 0.4) is 0 Å². The van der Waals surface area contributed by atoms with Gasteiger partial charge in [-0.1, -0.05) is 245 Å².